The molecule has 5 rings (SSSR count). The van der Waals surface area contributed by atoms with Crippen molar-refractivity contribution >= 4 is 42.6 Å². The number of imide groups is 1. The highest BCUT2D eigenvalue weighted by Crippen LogP contribution is 2.33. The first-order chi connectivity index (χ1) is 18.3. The van der Waals surface area contributed by atoms with E-state index in [0.29, 0.717) is 22.8 Å². The highest BCUT2D eigenvalue weighted by molar-refractivity contribution is 6.58. The number of halogens is 2. The van der Waals surface area contributed by atoms with Gasteiger partial charge in [0.05, 0.1) is 0 Å². The lowest BCUT2D eigenvalue weighted by molar-refractivity contribution is -0.360. The summed E-state index contributed by atoms with van der Waals surface area (Å²) in [5.74, 6) is -1.19. The van der Waals surface area contributed by atoms with Crippen LogP contribution < -0.4 is 5.32 Å². The molecule has 192 valence electrons. The Kier molecular flexibility index (Phi) is 6.87. The molecule has 0 spiro atoms. The number of carbonyl (C=O) groups excluding carboxylic acids is 3. The number of nitrogens with zero attached hydrogens (tertiary/aromatic N) is 3. The van der Waals surface area contributed by atoms with E-state index in [4.69, 9.17) is 0 Å². The molecule has 0 bridgehead atoms. The van der Waals surface area contributed by atoms with Gasteiger partial charge in [-0.1, -0.05) is 48.6 Å². The zero-order valence-electron chi connectivity index (χ0n) is 20.5. The molecular weight excluding hydrogens is 489 g/mol. The quantitative estimate of drug-likeness (QED) is 0.317. The van der Waals surface area contributed by atoms with E-state index >= 15 is 8.63 Å². The molecule has 0 saturated carbocycles. The summed E-state index contributed by atoms with van der Waals surface area (Å²) in [7, 11) is 0. The van der Waals surface area contributed by atoms with Crippen LogP contribution in [0.5, 0.6) is 0 Å². The second-order valence-corrected chi connectivity index (χ2v) is 9.05. The number of nitrogens with one attached hydrogen (secondary N) is 1. The molecule has 4 heterocycles. The Morgan fingerprint density at radius 2 is 1.68 bits per heavy atom. The van der Waals surface area contributed by atoms with Gasteiger partial charge in [0.1, 0.15) is 0 Å². The van der Waals surface area contributed by atoms with Gasteiger partial charge in [0.15, 0.2) is 11.4 Å². The summed E-state index contributed by atoms with van der Waals surface area (Å²) in [6.07, 6.45) is 14.6. The van der Waals surface area contributed by atoms with Crippen LogP contribution in [0.25, 0.3) is 12.2 Å². The van der Waals surface area contributed by atoms with Crippen molar-refractivity contribution in [3.05, 3.63) is 108 Å². The average Bonchev–Trinajstić information content (AvgIpc) is 3.60. The summed E-state index contributed by atoms with van der Waals surface area (Å²) in [4.78, 5) is 36.5. The van der Waals surface area contributed by atoms with Crippen molar-refractivity contribution < 1.29 is 27.5 Å². The Hall–Kier alpha value is -4.60. The fourth-order valence-electron chi connectivity index (χ4n) is 4.74. The number of hydrogen-bond acceptors (Lipinski definition) is 3. The van der Waals surface area contributed by atoms with Crippen molar-refractivity contribution in [2.24, 2.45) is 0 Å². The largest absolute Gasteiger partial charge is 0.737 e. The molecule has 0 fully saturated rings. The van der Waals surface area contributed by atoms with Crippen molar-refractivity contribution in [1.82, 2.24) is 14.7 Å². The van der Waals surface area contributed by atoms with E-state index in [0.717, 1.165) is 19.4 Å². The molecule has 0 aliphatic carbocycles. The van der Waals surface area contributed by atoms with Gasteiger partial charge in [-0.3, -0.25) is 19.3 Å². The SMILES string of the molecule is O=C(CCc1ccc2n1[B-](F)(F)[N+]1=C(C=CC=Cc3ccccc3)C=CC1=C2)NCCN1C(=O)C=CC1=O. The number of rotatable bonds is 9. The Bertz CT molecular complexity index is 1460. The summed E-state index contributed by atoms with van der Waals surface area (Å²) in [5.41, 5.74) is 2.54. The Labute approximate surface area is 218 Å². The maximum absolute atomic E-state index is 15.9. The van der Waals surface area contributed by atoms with Crippen LogP contribution >= 0.6 is 0 Å². The van der Waals surface area contributed by atoms with E-state index < -0.39 is 18.8 Å². The summed E-state index contributed by atoms with van der Waals surface area (Å²) >= 11 is 0. The lowest BCUT2D eigenvalue weighted by Gasteiger charge is -2.30. The van der Waals surface area contributed by atoms with Crippen molar-refractivity contribution in [2.75, 3.05) is 13.1 Å². The first-order valence-corrected chi connectivity index (χ1v) is 12.3. The molecule has 2 aromatic rings. The highest BCUT2D eigenvalue weighted by atomic mass is 19.2. The van der Waals surface area contributed by atoms with Gasteiger partial charge < -0.3 is 22.9 Å². The smallest absolute Gasteiger partial charge is 0.394 e. The Balaban J connectivity index is 1.25. The average molecular weight is 514 g/mol. The topological polar surface area (TPSA) is 74.4 Å². The number of aromatic nitrogens is 1. The summed E-state index contributed by atoms with van der Waals surface area (Å²) in [6, 6.07) is 12.9. The molecular formula is C28H25BF2N4O3. The lowest BCUT2D eigenvalue weighted by atomic mass is 9.90. The van der Waals surface area contributed by atoms with Crippen molar-refractivity contribution in [3.63, 3.8) is 0 Å². The minimum Gasteiger partial charge on any atom is -0.394 e. The van der Waals surface area contributed by atoms with Gasteiger partial charge in [0.25, 0.3) is 11.8 Å². The van der Waals surface area contributed by atoms with E-state index in [1.54, 1.807) is 42.5 Å². The van der Waals surface area contributed by atoms with Gasteiger partial charge in [-0.15, -0.1) is 0 Å². The molecule has 3 amide bonds. The molecule has 7 nitrogen and oxygen atoms in total. The fraction of sp³-hybridized carbons (Fsp3) is 0.143. The summed E-state index contributed by atoms with van der Waals surface area (Å²) in [6.45, 7) is -4.03. The van der Waals surface area contributed by atoms with Crippen molar-refractivity contribution in [3.8, 4) is 0 Å². The second kappa shape index (κ2) is 10.4. The molecule has 3 aliphatic heterocycles. The maximum Gasteiger partial charge on any atom is 0.737 e. The molecule has 1 N–H and O–H groups in total. The van der Waals surface area contributed by atoms with Crippen LogP contribution in [-0.4, -0.2) is 57.4 Å². The maximum atomic E-state index is 15.9. The number of benzene rings is 1. The van der Waals surface area contributed by atoms with Crippen molar-refractivity contribution in [2.45, 2.75) is 12.8 Å². The standard InChI is InChI=1S/C28H25BF2N4O3/c30-29(31)34-22(9-5-4-8-21-6-2-1-3-7-21)10-12-24(34)20-25-13-11-23(35(25)29)14-15-26(36)32-18-19-33-27(37)16-17-28(33)38/h1-13,16-17,20H,14-15,18-19H2,(H,32,36). The van der Waals surface area contributed by atoms with Crippen LogP contribution in [0.2, 0.25) is 0 Å². The van der Waals surface area contributed by atoms with E-state index in [1.165, 1.54) is 12.2 Å². The number of fused-ring (bicyclic) bond motifs is 2. The van der Waals surface area contributed by atoms with Crippen LogP contribution in [-0.2, 0) is 20.8 Å². The molecule has 1 aromatic heterocycles. The number of aryl methyl sites for hydroxylation is 1. The highest BCUT2D eigenvalue weighted by Gasteiger charge is 2.52. The van der Waals surface area contributed by atoms with Gasteiger partial charge in [-0.05, 0) is 29.8 Å². The van der Waals surface area contributed by atoms with E-state index in [9.17, 15) is 14.4 Å². The predicted molar refractivity (Wildman–Crippen MR) is 142 cm³/mol. The van der Waals surface area contributed by atoms with Gasteiger partial charge in [0, 0.05) is 61.7 Å². The summed E-state index contributed by atoms with van der Waals surface area (Å²) < 4.78 is 33.8. The van der Waals surface area contributed by atoms with Crippen LogP contribution in [0, 0.1) is 0 Å². The molecule has 38 heavy (non-hydrogen) atoms. The number of hydrogen-bond donors (Lipinski definition) is 1. The lowest BCUT2D eigenvalue weighted by Crippen LogP contribution is -2.50. The first-order valence-electron chi connectivity index (χ1n) is 12.3. The molecule has 0 radical (unpaired) electrons. The molecule has 10 heteroatoms. The number of amides is 3. The minimum absolute atomic E-state index is 0.00860. The first kappa shape index (κ1) is 25.1. The van der Waals surface area contributed by atoms with E-state index in [-0.39, 0.29) is 31.8 Å². The Morgan fingerprint density at radius 3 is 2.45 bits per heavy atom. The monoisotopic (exact) mass is 514 g/mol. The molecule has 1 aromatic carbocycles. The number of carbonyl (C=O) groups is 3. The molecule has 0 saturated heterocycles. The van der Waals surface area contributed by atoms with Gasteiger partial charge in [-0.25, -0.2) is 0 Å². The number of allylic oxidation sites excluding steroid dienone is 5. The molecule has 3 aliphatic rings. The molecule has 0 atom stereocenters. The van der Waals surface area contributed by atoms with Gasteiger partial charge in [-0.2, -0.15) is 0 Å². The zero-order chi connectivity index (χ0) is 26.7. The van der Waals surface area contributed by atoms with Crippen LogP contribution in [0.15, 0.2) is 90.7 Å². The molecule has 0 unspecified atom stereocenters. The Morgan fingerprint density at radius 1 is 0.947 bits per heavy atom. The van der Waals surface area contributed by atoms with E-state index in [1.807, 2.05) is 42.5 Å². The normalized spacial score (nSPS) is 17.6. The van der Waals surface area contributed by atoms with Crippen LogP contribution in [0.1, 0.15) is 23.4 Å². The van der Waals surface area contributed by atoms with Crippen LogP contribution in [0.3, 0.4) is 0 Å². The van der Waals surface area contributed by atoms with Gasteiger partial charge >= 0.3 is 6.97 Å². The van der Waals surface area contributed by atoms with Gasteiger partial charge in [0.2, 0.25) is 5.91 Å². The third-order valence-electron chi connectivity index (χ3n) is 6.57. The minimum atomic E-state index is -4.18. The third-order valence-corrected chi connectivity index (χ3v) is 6.57. The van der Waals surface area contributed by atoms with E-state index in [2.05, 4.69) is 5.32 Å². The zero-order valence-corrected chi connectivity index (χ0v) is 20.5. The fourth-order valence-corrected chi connectivity index (χ4v) is 4.74. The summed E-state index contributed by atoms with van der Waals surface area (Å²) in [5, 5.41) is 2.64. The second-order valence-electron chi connectivity index (χ2n) is 9.05. The predicted octanol–water partition coefficient (Wildman–Crippen LogP) is 3.33. The van der Waals surface area contributed by atoms with Crippen LogP contribution in [0.4, 0.5) is 8.63 Å². The van der Waals surface area contributed by atoms with Crippen molar-refractivity contribution in [1.29, 1.82) is 0 Å². The third kappa shape index (κ3) is 4.97.